The number of nitrogens with one attached hydrogen (secondary N) is 6. The van der Waals surface area contributed by atoms with Crippen LogP contribution in [-0.4, -0.2) is 196 Å². The molecular weight excluding hydrogens is 1010 g/mol. The lowest BCUT2D eigenvalue weighted by atomic mass is 10.1. The molecule has 0 fully saturated rings. The van der Waals surface area contributed by atoms with Crippen LogP contribution in [0.1, 0.15) is 72.9 Å². The van der Waals surface area contributed by atoms with Gasteiger partial charge in [-0.15, -0.1) is 0 Å². The van der Waals surface area contributed by atoms with Crippen LogP contribution in [0.4, 0.5) is 4.79 Å². The fourth-order valence-corrected chi connectivity index (χ4v) is 7.13. The van der Waals surface area contributed by atoms with Crippen LogP contribution in [0.3, 0.4) is 0 Å². The molecule has 2 atom stereocenters. The molecule has 0 radical (unpaired) electrons. The van der Waals surface area contributed by atoms with Crippen LogP contribution in [0.5, 0.6) is 0 Å². The lowest BCUT2D eigenvalue weighted by Crippen LogP contribution is -2.51. The fraction of sp³-hybridized carbons (Fsp3) is 0.522. The van der Waals surface area contributed by atoms with E-state index in [1.54, 1.807) is 39.0 Å². The minimum atomic E-state index is -1.54. The molecule has 0 aliphatic carbocycles. The summed E-state index contributed by atoms with van der Waals surface area (Å²) in [5, 5.41) is 70.4. The van der Waals surface area contributed by atoms with E-state index in [0.717, 1.165) is 15.6 Å². The Bertz CT molecular complexity index is 2100. The Morgan fingerprint density at radius 1 is 0.514 bits per heavy atom. The maximum atomic E-state index is 13.8. The molecular formula is C46H66BrN9O16. The first-order valence-corrected chi connectivity index (χ1v) is 23.9. The number of amides is 5. The molecule has 5 amide bonds. The highest BCUT2D eigenvalue weighted by Gasteiger charge is 2.25. The van der Waals surface area contributed by atoms with Crippen LogP contribution in [0, 0.1) is 0 Å². The van der Waals surface area contributed by atoms with Gasteiger partial charge in [0, 0.05) is 88.3 Å². The van der Waals surface area contributed by atoms with Crippen molar-refractivity contribution in [3.8, 4) is 0 Å². The molecule has 0 heterocycles. The van der Waals surface area contributed by atoms with E-state index >= 15 is 0 Å². The summed E-state index contributed by atoms with van der Waals surface area (Å²) >= 11 is 3.40. The second-order valence-corrected chi connectivity index (χ2v) is 17.5. The van der Waals surface area contributed by atoms with Crippen molar-refractivity contribution < 1.29 is 78.6 Å². The molecule has 0 aliphatic heterocycles. The molecule has 0 spiro atoms. The highest BCUT2D eigenvalue weighted by molar-refractivity contribution is 9.10. The average Bonchev–Trinajstić information content (AvgIpc) is 3.31. The van der Waals surface area contributed by atoms with Gasteiger partial charge in [0.1, 0.15) is 12.1 Å². The van der Waals surface area contributed by atoms with Gasteiger partial charge >= 0.3 is 41.8 Å². The number of benzene rings is 2. The molecule has 2 aromatic rings. The minimum Gasteiger partial charge on any atom is -0.481 e. The second-order valence-electron chi connectivity index (χ2n) is 16.5. The van der Waals surface area contributed by atoms with E-state index in [2.05, 4.69) is 47.8 Å². The molecule has 398 valence electrons. The highest BCUT2D eigenvalue weighted by atomic mass is 79.9. The van der Waals surface area contributed by atoms with Crippen LogP contribution in [0.15, 0.2) is 53.0 Å². The zero-order valence-electron chi connectivity index (χ0n) is 39.8. The Morgan fingerprint density at radius 3 is 1.61 bits per heavy atom. The van der Waals surface area contributed by atoms with Gasteiger partial charge in [-0.2, -0.15) is 0 Å². The van der Waals surface area contributed by atoms with Crippen molar-refractivity contribution in [1.29, 1.82) is 0 Å². The number of carbonyl (C=O) groups is 10. The number of aliphatic carboxylic acids is 6. The summed E-state index contributed by atoms with van der Waals surface area (Å²) in [6.07, 6.45) is 0.739. The van der Waals surface area contributed by atoms with Crippen LogP contribution < -0.4 is 31.9 Å². The molecule has 12 N–H and O–H groups in total. The average molecular weight is 1080 g/mol. The van der Waals surface area contributed by atoms with Gasteiger partial charge in [-0.1, -0.05) is 40.2 Å². The number of halogens is 1. The van der Waals surface area contributed by atoms with E-state index in [9.17, 15) is 63.3 Å². The number of carboxylic acids is 6. The number of hydrogen-bond donors (Lipinski definition) is 12. The number of carboxylic acid groups (broad SMARTS) is 6. The molecule has 25 nitrogen and oxygen atoms in total. The Morgan fingerprint density at radius 2 is 1.07 bits per heavy atom. The van der Waals surface area contributed by atoms with Crippen LogP contribution in [-0.2, 0) is 51.4 Å². The van der Waals surface area contributed by atoms with Crippen molar-refractivity contribution in [1.82, 2.24) is 46.6 Å². The SMILES string of the molecule is O=C(O)CC[C@@H](NC(=O)N[C@H](CCCCN(Cc1ccc(Br)cc1)C(=O)c1ccc(CNC(=O)CCCCNC(=O)CN(CCNCC(=O)O)CCN(CCNCC(=O)O)CC(=O)O)cc1)C(=O)O)C(=O)O. The molecule has 0 bridgehead atoms. The lowest BCUT2D eigenvalue weighted by Gasteiger charge is -2.26. The predicted octanol–water partition coefficient (Wildman–Crippen LogP) is 0.272. The molecule has 0 saturated carbocycles. The first kappa shape index (κ1) is 61.4. The summed E-state index contributed by atoms with van der Waals surface area (Å²) in [4.78, 5) is 124. The molecule has 0 aromatic heterocycles. The number of rotatable bonds is 39. The van der Waals surface area contributed by atoms with Crippen molar-refractivity contribution in [2.24, 2.45) is 0 Å². The van der Waals surface area contributed by atoms with Gasteiger partial charge in [-0.25, -0.2) is 14.4 Å². The number of unbranched alkanes of at least 4 members (excludes halogenated alkanes) is 2. The smallest absolute Gasteiger partial charge is 0.326 e. The van der Waals surface area contributed by atoms with Crippen molar-refractivity contribution >= 4 is 75.5 Å². The third-order valence-electron chi connectivity index (χ3n) is 10.7. The zero-order valence-corrected chi connectivity index (χ0v) is 41.4. The van der Waals surface area contributed by atoms with E-state index in [1.165, 1.54) is 0 Å². The lowest BCUT2D eigenvalue weighted by molar-refractivity contribution is -0.141. The molecule has 26 heteroatoms. The summed E-state index contributed by atoms with van der Waals surface area (Å²) in [7, 11) is 0. The second kappa shape index (κ2) is 34.6. The Labute approximate surface area is 424 Å². The molecule has 72 heavy (non-hydrogen) atoms. The van der Waals surface area contributed by atoms with E-state index in [0.29, 0.717) is 24.8 Å². The van der Waals surface area contributed by atoms with Crippen molar-refractivity contribution in [2.75, 3.05) is 78.5 Å². The summed E-state index contributed by atoms with van der Waals surface area (Å²) in [5.74, 6) is -8.14. The van der Waals surface area contributed by atoms with E-state index < -0.39 is 66.8 Å². The molecule has 2 rings (SSSR count). The van der Waals surface area contributed by atoms with Gasteiger partial charge < -0.3 is 67.4 Å². The quantitative estimate of drug-likeness (QED) is 0.0400. The van der Waals surface area contributed by atoms with Gasteiger partial charge in [0.25, 0.3) is 5.91 Å². The fourth-order valence-electron chi connectivity index (χ4n) is 6.87. The maximum Gasteiger partial charge on any atom is 0.326 e. The minimum absolute atomic E-state index is 0.0514. The Hall–Kier alpha value is -6.74. The van der Waals surface area contributed by atoms with E-state index in [-0.39, 0.29) is 129 Å². The molecule has 0 unspecified atom stereocenters. The zero-order chi connectivity index (χ0) is 53.4. The van der Waals surface area contributed by atoms with E-state index in [4.69, 9.17) is 15.3 Å². The van der Waals surface area contributed by atoms with Gasteiger partial charge in [0.15, 0.2) is 0 Å². The van der Waals surface area contributed by atoms with Crippen molar-refractivity contribution in [2.45, 2.75) is 76.5 Å². The Balaban J connectivity index is 1.89. The number of carbonyl (C=O) groups excluding carboxylic acids is 4. The third-order valence-corrected chi connectivity index (χ3v) is 11.2. The number of urea groups is 1. The third kappa shape index (κ3) is 28.2. The van der Waals surface area contributed by atoms with Gasteiger partial charge in [-0.3, -0.25) is 43.4 Å². The van der Waals surface area contributed by atoms with Gasteiger partial charge in [0.05, 0.1) is 26.2 Å². The van der Waals surface area contributed by atoms with Gasteiger partial charge in [-0.05, 0) is 73.9 Å². The molecule has 0 aliphatic rings. The first-order chi connectivity index (χ1) is 34.2. The van der Waals surface area contributed by atoms with E-state index in [1.807, 2.05) is 24.3 Å². The monoisotopic (exact) mass is 1080 g/mol. The number of nitrogens with zero attached hydrogens (tertiary/aromatic N) is 3. The largest absolute Gasteiger partial charge is 0.481 e. The Kier molecular flexibility index (Phi) is 29.5. The summed E-state index contributed by atoms with van der Waals surface area (Å²) in [5.41, 5.74) is 1.92. The first-order valence-electron chi connectivity index (χ1n) is 23.1. The topological polar surface area (TPSA) is 374 Å². The maximum absolute atomic E-state index is 13.8. The van der Waals surface area contributed by atoms with Gasteiger partial charge in [0.2, 0.25) is 11.8 Å². The molecule has 2 aromatic carbocycles. The van der Waals surface area contributed by atoms with Crippen LogP contribution >= 0.6 is 15.9 Å². The van der Waals surface area contributed by atoms with Crippen LogP contribution in [0.25, 0.3) is 0 Å². The van der Waals surface area contributed by atoms with Crippen molar-refractivity contribution in [3.05, 3.63) is 69.7 Å². The predicted molar refractivity (Wildman–Crippen MR) is 261 cm³/mol. The summed E-state index contributed by atoms with van der Waals surface area (Å²) < 4.78 is 0.840. The standard InChI is InChI=1S/C46H66BrN9O16/c47-34-13-9-32(10-14-34)28-56(20-4-2-5-35(44(68)69)52-46(72)53-36(45(70)71)15-16-39(59)60)43(67)33-11-7-31(8-12-33)25-51-37(57)6-1-3-17-50-38(58)29-54(21-18-48-26-40(61)62)23-24-55(30-42(65)66)22-19-49-27-41(63)64/h7-14,35-36,48-49H,1-6,15-30H2,(H,50,58)(H,51,57)(H,59,60)(H,61,62)(H,63,64)(H,65,66)(H,68,69)(H,70,71)(H2,52,53,72)/t35-,36-/m1/s1. The highest BCUT2D eigenvalue weighted by Crippen LogP contribution is 2.17. The van der Waals surface area contributed by atoms with Crippen LogP contribution in [0.2, 0.25) is 0 Å². The normalized spacial score (nSPS) is 11.8. The number of hydrogen-bond acceptors (Lipinski definition) is 14. The summed E-state index contributed by atoms with van der Waals surface area (Å²) in [6, 6.07) is 10.0. The van der Waals surface area contributed by atoms with Crippen molar-refractivity contribution in [3.63, 3.8) is 0 Å². The summed E-state index contributed by atoms with van der Waals surface area (Å²) in [6.45, 7) is 1.48. The molecule has 0 saturated heterocycles.